The van der Waals surface area contributed by atoms with Crippen molar-refractivity contribution in [1.29, 1.82) is 0 Å². The van der Waals surface area contributed by atoms with E-state index in [-0.39, 0.29) is 18.9 Å². The summed E-state index contributed by atoms with van der Waals surface area (Å²) in [5.74, 6) is 0.792. The first-order chi connectivity index (χ1) is 12.0. The molecule has 2 aromatic heterocycles. The predicted octanol–water partition coefficient (Wildman–Crippen LogP) is 2.33. The highest BCUT2D eigenvalue weighted by Crippen LogP contribution is 2.28. The summed E-state index contributed by atoms with van der Waals surface area (Å²) in [6, 6.07) is 7.44. The summed E-state index contributed by atoms with van der Waals surface area (Å²) in [6.07, 6.45) is 3.03. The maximum absolute atomic E-state index is 12.9. The van der Waals surface area contributed by atoms with E-state index in [1.54, 1.807) is 11.8 Å². The topological polar surface area (TPSA) is 92.6 Å². The van der Waals surface area contributed by atoms with Crippen LogP contribution in [0.3, 0.4) is 0 Å². The Hall–Kier alpha value is -2.67. The minimum atomic E-state index is -1.06. The number of furan rings is 1. The van der Waals surface area contributed by atoms with Crippen molar-refractivity contribution in [3.05, 3.63) is 47.8 Å². The van der Waals surface area contributed by atoms with E-state index in [0.29, 0.717) is 42.2 Å². The van der Waals surface area contributed by atoms with Gasteiger partial charge in [-0.05, 0) is 25.8 Å². The van der Waals surface area contributed by atoms with Crippen LogP contribution in [0.1, 0.15) is 34.9 Å². The third kappa shape index (κ3) is 3.02. The number of para-hydroxylation sites is 1. The Kier molecular flexibility index (Phi) is 3.80. The van der Waals surface area contributed by atoms with Crippen molar-refractivity contribution in [2.45, 2.75) is 31.8 Å². The van der Waals surface area contributed by atoms with Crippen molar-refractivity contribution < 1.29 is 18.8 Å². The van der Waals surface area contributed by atoms with Crippen LogP contribution >= 0.6 is 0 Å². The Labute approximate surface area is 144 Å². The summed E-state index contributed by atoms with van der Waals surface area (Å²) < 4.78 is 10.6. The molecular formula is C18H19N3O4. The van der Waals surface area contributed by atoms with Crippen molar-refractivity contribution in [1.82, 2.24) is 15.0 Å². The van der Waals surface area contributed by atoms with Crippen molar-refractivity contribution in [2.75, 3.05) is 13.1 Å². The number of β-amino-alcohol motifs (C(OH)–C–C–N with tert-alkyl or cyclic N) is 1. The lowest BCUT2D eigenvalue weighted by atomic mass is 9.89. The second-order valence-electron chi connectivity index (χ2n) is 6.61. The first kappa shape index (κ1) is 15.8. The van der Waals surface area contributed by atoms with Gasteiger partial charge in [0, 0.05) is 11.9 Å². The Morgan fingerprint density at radius 1 is 1.40 bits per heavy atom. The molecule has 1 aliphatic rings. The molecule has 7 heteroatoms. The van der Waals surface area contributed by atoms with Gasteiger partial charge in [-0.1, -0.05) is 23.4 Å². The van der Waals surface area contributed by atoms with Crippen LogP contribution in [0.4, 0.5) is 0 Å². The molecule has 4 rings (SSSR count). The van der Waals surface area contributed by atoms with Gasteiger partial charge in [0.15, 0.2) is 5.82 Å². The Morgan fingerprint density at radius 2 is 2.24 bits per heavy atom. The van der Waals surface area contributed by atoms with Gasteiger partial charge in [0.05, 0.1) is 24.1 Å². The summed E-state index contributed by atoms with van der Waals surface area (Å²) in [7, 11) is 0. The lowest BCUT2D eigenvalue weighted by Crippen LogP contribution is -2.51. The lowest BCUT2D eigenvalue weighted by Gasteiger charge is -2.38. The highest BCUT2D eigenvalue weighted by Gasteiger charge is 2.37. The molecule has 1 unspecified atom stereocenters. The molecule has 1 atom stereocenters. The number of hydrogen-bond acceptors (Lipinski definition) is 6. The van der Waals surface area contributed by atoms with Gasteiger partial charge in [-0.15, -0.1) is 0 Å². The van der Waals surface area contributed by atoms with Crippen molar-refractivity contribution in [3.8, 4) is 0 Å². The molecule has 1 N–H and O–H groups in total. The maximum Gasteiger partial charge on any atom is 0.257 e. The molecule has 3 heterocycles. The zero-order valence-corrected chi connectivity index (χ0v) is 13.9. The van der Waals surface area contributed by atoms with Gasteiger partial charge in [-0.25, -0.2) is 0 Å². The molecule has 25 heavy (non-hydrogen) atoms. The monoisotopic (exact) mass is 341 g/mol. The normalized spacial score (nSPS) is 21.0. The Bertz CT molecular complexity index is 916. The SMILES string of the molecule is Cc1noc(CC2(O)CCCN(C(=O)c3coc4ccccc34)C2)n1. The zero-order chi connectivity index (χ0) is 17.4. The van der Waals surface area contributed by atoms with Gasteiger partial charge in [0.25, 0.3) is 5.91 Å². The summed E-state index contributed by atoms with van der Waals surface area (Å²) in [5.41, 5.74) is 0.139. The molecule has 0 spiro atoms. The molecule has 1 aliphatic heterocycles. The third-order valence-corrected chi connectivity index (χ3v) is 4.60. The van der Waals surface area contributed by atoms with Crippen LogP contribution in [0.5, 0.6) is 0 Å². The molecule has 1 fully saturated rings. The number of aliphatic hydroxyl groups is 1. The molecule has 1 aromatic carbocycles. The summed E-state index contributed by atoms with van der Waals surface area (Å²) >= 11 is 0. The molecule has 3 aromatic rings. The molecule has 0 bridgehead atoms. The highest BCUT2D eigenvalue weighted by molar-refractivity contribution is 6.05. The van der Waals surface area contributed by atoms with Crippen molar-refractivity contribution in [3.63, 3.8) is 0 Å². The maximum atomic E-state index is 12.9. The van der Waals surface area contributed by atoms with E-state index in [0.717, 1.165) is 5.39 Å². The number of benzene rings is 1. The van der Waals surface area contributed by atoms with E-state index in [9.17, 15) is 9.90 Å². The van der Waals surface area contributed by atoms with E-state index in [1.165, 1.54) is 6.26 Å². The first-order valence-corrected chi connectivity index (χ1v) is 8.31. The number of piperidine rings is 1. The minimum absolute atomic E-state index is 0.134. The van der Waals surface area contributed by atoms with E-state index in [4.69, 9.17) is 8.94 Å². The number of carbonyl (C=O) groups is 1. The molecule has 1 saturated heterocycles. The quantitative estimate of drug-likeness (QED) is 0.786. The number of rotatable bonds is 3. The van der Waals surface area contributed by atoms with Gasteiger partial charge in [0.1, 0.15) is 11.8 Å². The predicted molar refractivity (Wildman–Crippen MR) is 89.0 cm³/mol. The van der Waals surface area contributed by atoms with E-state index < -0.39 is 5.60 Å². The second-order valence-corrected chi connectivity index (χ2v) is 6.61. The van der Waals surface area contributed by atoms with Crippen LogP contribution in [-0.2, 0) is 6.42 Å². The molecule has 130 valence electrons. The fraction of sp³-hybridized carbons (Fsp3) is 0.389. The standard InChI is InChI=1S/C18H19N3O4/c1-12-19-16(25-20-12)9-18(23)7-4-8-21(11-18)17(22)14-10-24-15-6-3-2-5-13(14)15/h2-3,5-6,10,23H,4,7-9,11H2,1H3. The zero-order valence-electron chi connectivity index (χ0n) is 13.9. The third-order valence-electron chi connectivity index (χ3n) is 4.60. The lowest BCUT2D eigenvalue weighted by molar-refractivity contribution is -0.0286. The first-order valence-electron chi connectivity index (χ1n) is 8.31. The molecule has 7 nitrogen and oxygen atoms in total. The molecular weight excluding hydrogens is 322 g/mol. The van der Waals surface area contributed by atoms with Gasteiger partial charge < -0.3 is 18.9 Å². The van der Waals surface area contributed by atoms with Gasteiger partial charge in [0.2, 0.25) is 5.89 Å². The Morgan fingerprint density at radius 3 is 3.04 bits per heavy atom. The van der Waals surface area contributed by atoms with E-state index in [2.05, 4.69) is 10.1 Å². The number of amides is 1. The van der Waals surface area contributed by atoms with Crippen LogP contribution in [0.15, 0.2) is 39.5 Å². The largest absolute Gasteiger partial charge is 0.463 e. The van der Waals surface area contributed by atoms with Crippen molar-refractivity contribution in [2.24, 2.45) is 0 Å². The average molecular weight is 341 g/mol. The van der Waals surface area contributed by atoms with Gasteiger partial charge >= 0.3 is 0 Å². The Balaban J connectivity index is 1.55. The van der Waals surface area contributed by atoms with E-state index >= 15 is 0 Å². The number of likely N-dealkylation sites (tertiary alicyclic amines) is 1. The summed E-state index contributed by atoms with van der Waals surface area (Å²) in [5, 5.41) is 15.5. The summed E-state index contributed by atoms with van der Waals surface area (Å²) in [4.78, 5) is 18.7. The fourth-order valence-corrected chi connectivity index (χ4v) is 3.44. The van der Waals surface area contributed by atoms with Crippen molar-refractivity contribution >= 4 is 16.9 Å². The summed E-state index contributed by atoms with van der Waals surface area (Å²) in [6.45, 7) is 2.56. The molecule has 0 radical (unpaired) electrons. The second kappa shape index (κ2) is 6.00. The van der Waals surface area contributed by atoms with Crippen LogP contribution in [-0.4, -0.2) is 44.7 Å². The number of hydrogen-bond donors (Lipinski definition) is 1. The van der Waals surface area contributed by atoms with Crippen LogP contribution in [0, 0.1) is 6.92 Å². The number of carbonyl (C=O) groups excluding carboxylic acids is 1. The number of nitrogens with zero attached hydrogens (tertiary/aromatic N) is 3. The number of fused-ring (bicyclic) bond motifs is 1. The molecule has 1 amide bonds. The fourth-order valence-electron chi connectivity index (χ4n) is 3.44. The highest BCUT2D eigenvalue weighted by atomic mass is 16.5. The van der Waals surface area contributed by atoms with Gasteiger partial charge in [-0.3, -0.25) is 4.79 Å². The van der Waals surface area contributed by atoms with Crippen LogP contribution in [0.25, 0.3) is 11.0 Å². The van der Waals surface area contributed by atoms with Crippen LogP contribution < -0.4 is 0 Å². The van der Waals surface area contributed by atoms with Crippen LogP contribution in [0.2, 0.25) is 0 Å². The average Bonchev–Trinajstić information content (AvgIpc) is 3.20. The van der Waals surface area contributed by atoms with Gasteiger partial charge in [-0.2, -0.15) is 4.98 Å². The van der Waals surface area contributed by atoms with E-state index in [1.807, 2.05) is 24.3 Å². The number of aryl methyl sites for hydroxylation is 1. The molecule has 0 aliphatic carbocycles. The number of aromatic nitrogens is 2. The molecule has 0 saturated carbocycles. The minimum Gasteiger partial charge on any atom is -0.463 e. The smallest absolute Gasteiger partial charge is 0.257 e.